The van der Waals surface area contributed by atoms with Gasteiger partial charge in [-0.25, -0.2) is 4.79 Å². The lowest BCUT2D eigenvalue weighted by molar-refractivity contribution is 0.0526. The predicted molar refractivity (Wildman–Crippen MR) is 74.7 cm³/mol. The van der Waals surface area contributed by atoms with Gasteiger partial charge in [-0.15, -0.1) is 0 Å². The van der Waals surface area contributed by atoms with Crippen molar-refractivity contribution in [2.45, 2.75) is 26.4 Å². The predicted octanol–water partition coefficient (Wildman–Crippen LogP) is 1.65. The number of ether oxygens (including phenoxy) is 1. The number of hydrogen-bond acceptors (Lipinski definition) is 4. The molecule has 0 saturated carbocycles. The topological polar surface area (TPSA) is 87.7 Å². The number of alkyl carbamates (subject to hydrolysis) is 1. The summed E-state index contributed by atoms with van der Waals surface area (Å²) in [4.78, 5) is 23.0. The van der Waals surface area contributed by atoms with E-state index in [1.807, 2.05) is 0 Å². The van der Waals surface area contributed by atoms with Crippen molar-refractivity contribution in [3.8, 4) is 5.75 Å². The van der Waals surface area contributed by atoms with Crippen LogP contribution >= 0.6 is 0 Å². The number of hydrogen-bond donors (Lipinski definition) is 3. The fourth-order valence-electron chi connectivity index (χ4n) is 1.40. The molecule has 0 atom stereocenters. The highest BCUT2D eigenvalue weighted by Crippen LogP contribution is 2.10. The van der Waals surface area contributed by atoms with Gasteiger partial charge < -0.3 is 20.5 Å². The minimum absolute atomic E-state index is 0.0320. The van der Waals surface area contributed by atoms with E-state index in [-0.39, 0.29) is 24.7 Å². The second-order valence-electron chi connectivity index (χ2n) is 5.23. The molecular weight excluding hydrogens is 260 g/mol. The van der Waals surface area contributed by atoms with Crippen LogP contribution in [0.15, 0.2) is 24.3 Å². The monoisotopic (exact) mass is 280 g/mol. The largest absolute Gasteiger partial charge is 0.508 e. The summed E-state index contributed by atoms with van der Waals surface area (Å²) >= 11 is 0. The summed E-state index contributed by atoms with van der Waals surface area (Å²) in [5.41, 5.74) is -0.184. The van der Waals surface area contributed by atoms with Gasteiger partial charge in [-0.05, 0) is 39.0 Å². The van der Waals surface area contributed by atoms with Gasteiger partial charge >= 0.3 is 6.09 Å². The summed E-state index contributed by atoms with van der Waals surface area (Å²) in [6.07, 6.45) is -0.524. The maximum atomic E-state index is 11.7. The van der Waals surface area contributed by atoms with Gasteiger partial charge in [-0.2, -0.15) is 0 Å². The highest BCUT2D eigenvalue weighted by atomic mass is 16.6. The van der Waals surface area contributed by atoms with E-state index in [1.54, 1.807) is 32.9 Å². The van der Waals surface area contributed by atoms with Crippen LogP contribution in [0.25, 0.3) is 0 Å². The number of benzene rings is 1. The van der Waals surface area contributed by atoms with E-state index >= 15 is 0 Å². The van der Waals surface area contributed by atoms with Crippen LogP contribution < -0.4 is 10.6 Å². The van der Waals surface area contributed by atoms with Gasteiger partial charge in [0.2, 0.25) is 0 Å². The van der Waals surface area contributed by atoms with Crippen molar-refractivity contribution >= 4 is 12.0 Å². The molecule has 1 aromatic rings. The van der Waals surface area contributed by atoms with Gasteiger partial charge in [0.15, 0.2) is 0 Å². The average molecular weight is 280 g/mol. The van der Waals surface area contributed by atoms with Gasteiger partial charge in [-0.1, -0.05) is 6.07 Å². The van der Waals surface area contributed by atoms with Gasteiger partial charge in [0.05, 0.1) is 0 Å². The van der Waals surface area contributed by atoms with Crippen LogP contribution in [0, 0.1) is 0 Å². The van der Waals surface area contributed by atoms with Crippen molar-refractivity contribution in [3.63, 3.8) is 0 Å². The molecule has 1 aromatic carbocycles. The standard InChI is InChI=1S/C14H20N2O4/c1-14(2,3)20-13(19)16-8-7-15-12(18)10-5-4-6-11(17)9-10/h4-6,9,17H,7-8H2,1-3H3,(H,15,18)(H,16,19). The van der Waals surface area contributed by atoms with E-state index in [9.17, 15) is 14.7 Å². The SMILES string of the molecule is CC(C)(C)OC(=O)NCCNC(=O)c1cccc(O)c1. The number of amides is 2. The molecule has 6 nitrogen and oxygen atoms in total. The van der Waals surface area contributed by atoms with Crippen molar-refractivity contribution in [1.82, 2.24) is 10.6 Å². The molecule has 0 heterocycles. The summed E-state index contributed by atoms with van der Waals surface area (Å²) < 4.78 is 5.05. The Balaban J connectivity index is 2.28. The average Bonchev–Trinajstić information content (AvgIpc) is 2.32. The molecule has 0 spiro atoms. The van der Waals surface area contributed by atoms with Gasteiger partial charge in [0.25, 0.3) is 5.91 Å². The van der Waals surface area contributed by atoms with E-state index in [0.717, 1.165) is 0 Å². The number of aromatic hydroxyl groups is 1. The Labute approximate surface area is 118 Å². The van der Waals surface area contributed by atoms with Gasteiger partial charge in [0, 0.05) is 18.7 Å². The van der Waals surface area contributed by atoms with Crippen LogP contribution in [0.5, 0.6) is 5.75 Å². The third kappa shape index (κ3) is 6.08. The molecule has 110 valence electrons. The summed E-state index contributed by atoms with van der Waals surface area (Å²) in [7, 11) is 0. The zero-order chi connectivity index (χ0) is 15.2. The van der Waals surface area contributed by atoms with Crippen molar-refractivity contribution < 1.29 is 19.4 Å². The molecule has 0 aliphatic heterocycles. The molecule has 0 aliphatic rings. The number of carbonyl (C=O) groups is 2. The normalized spacial score (nSPS) is 10.8. The third-order valence-corrected chi connectivity index (χ3v) is 2.19. The number of rotatable bonds is 4. The summed E-state index contributed by atoms with van der Waals surface area (Å²) in [6, 6.07) is 6.04. The van der Waals surface area contributed by atoms with Crippen molar-refractivity contribution in [2.24, 2.45) is 0 Å². The molecule has 1 rings (SSSR count). The van der Waals surface area contributed by atoms with Crippen LogP contribution in [0.2, 0.25) is 0 Å². The third-order valence-electron chi connectivity index (χ3n) is 2.19. The van der Waals surface area contributed by atoms with Crippen LogP contribution in [0.1, 0.15) is 31.1 Å². The van der Waals surface area contributed by atoms with E-state index in [4.69, 9.17) is 4.74 Å². The second-order valence-corrected chi connectivity index (χ2v) is 5.23. The van der Waals surface area contributed by atoms with E-state index in [0.29, 0.717) is 5.56 Å². The van der Waals surface area contributed by atoms with Crippen molar-refractivity contribution in [1.29, 1.82) is 0 Å². The molecule has 3 N–H and O–H groups in total. The number of nitrogens with one attached hydrogen (secondary N) is 2. The van der Waals surface area contributed by atoms with Crippen molar-refractivity contribution in [3.05, 3.63) is 29.8 Å². The second kappa shape index (κ2) is 6.79. The molecular formula is C14H20N2O4. The lowest BCUT2D eigenvalue weighted by atomic mass is 10.2. The summed E-state index contributed by atoms with van der Waals surface area (Å²) in [5, 5.41) is 14.4. The highest BCUT2D eigenvalue weighted by Gasteiger charge is 2.15. The lowest BCUT2D eigenvalue weighted by Crippen LogP contribution is -2.37. The number of carbonyl (C=O) groups excluding carboxylic acids is 2. The quantitative estimate of drug-likeness (QED) is 0.732. The van der Waals surface area contributed by atoms with Gasteiger partial charge in [0.1, 0.15) is 11.4 Å². The Bertz CT molecular complexity index is 480. The first-order valence-corrected chi connectivity index (χ1v) is 6.32. The Morgan fingerprint density at radius 1 is 1.20 bits per heavy atom. The van der Waals surface area contributed by atoms with Crippen LogP contribution in [0.3, 0.4) is 0 Å². The molecule has 0 unspecified atom stereocenters. The Morgan fingerprint density at radius 2 is 1.85 bits per heavy atom. The fraction of sp³-hybridized carbons (Fsp3) is 0.429. The highest BCUT2D eigenvalue weighted by molar-refractivity contribution is 5.94. The zero-order valence-corrected chi connectivity index (χ0v) is 11.9. The number of phenolic OH excluding ortho intramolecular Hbond substituents is 1. The number of phenols is 1. The first-order chi connectivity index (χ1) is 9.28. The van der Waals surface area contributed by atoms with Gasteiger partial charge in [-0.3, -0.25) is 4.79 Å². The minimum atomic E-state index is -0.547. The zero-order valence-electron chi connectivity index (χ0n) is 11.9. The molecule has 0 aliphatic carbocycles. The summed E-state index contributed by atoms with van der Waals surface area (Å²) in [5.74, 6) is -0.281. The Hall–Kier alpha value is -2.24. The Morgan fingerprint density at radius 3 is 2.45 bits per heavy atom. The molecule has 0 aromatic heterocycles. The van der Waals surface area contributed by atoms with E-state index < -0.39 is 11.7 Å². The minimum Gasteiger partial charge on any atom is -0.508 e. The smallest absolute Gasteiger partial charge is 0.407 e. The van der Waals surface area contributed by atoms with Crippen LogP contribution in [0.4, 0.5) is 4.79 Å². The molecule has 20 heavy (non-hydrogen) atoms. The first-order valence-electron chi connectivity index (χ1n) is 6.32. The molecule has 6 heteroatoms. The van der Waals surface area contributed by atoms with Crippen LogP contribution in [-0.4, -0.2) is 35.8 Å². The fourth-order valence-corrected chi connectivity index (χ4v) is 1.40. The maximum absolute atomic E-state index is 11.7. The van der Waals surface area contributed by atoms with Crippen LogP contribution in [-0.2, 0) is 4.74 Å². The molecule has 0 fully saturated rings. The molecule has 0 radical (unpaired) electrons. The first kappa shape index (κ1) is 15.8. The molecule has 0 bridgehead atoms. The van der Waals surface area contributed by atoms with E-state index in [1.165, 1.54) is 12.1 Å². The Kier molecular flexibility index (Phi) is 5.37. The van der Waals surface area contributed by atoms with E-state index in [2.05, 4.69) is 10.6 Å². The molecule has 0 saturated heterocycles. The van der Waals surface area contributed by atoms with Crippen molar-refractivity contribution in [2.75, 3.05) is 13.1 Å². The summed E-state index contributed by atoms with van der Waals surface area (Å²) in [6.45, 7) is 5.86. The molecule has 2 amide bonds. The lowest BCUT2D eigenvalue weighted by Gasteiger charge is -2.19. The maximum Gasteiger partial charge on any atom is 0.407 e.